The third-order valence-corrected chi connectivity index (χ3v) is 4.00. The van der Waals surface area contributed by atoms with E-state index < -0.39 is 0 Å². The maximum Gasteiger partial charge on any atom is 0.275 e. The normalized spacial score (nSPS) is 10.9. The van der Waals surface area contributed by atoms with Gasteiger partial charge in [-0.3, -0.25) is 9.89 Å². The second kappa shape index (κ2) is 5.81. The minimum Gasteiger partial charge on any atom is -0.336 e. The lowest BCUT2D eigenvalue weighted by Crippen LogP contribution is -2.26. The molecule has 2 aromatic carbocycles. The van der Waals surface area contributed by atoms with Gasteiger partial charge in [0, 0.05) is 24.0 Å². The van der Waals surface area contributed by atoms with Gasteiger partial charge < -0.3 is 4.90 Å². The Morgan fingerprint density at radius 1 is 1.27 bits per heavy atom. The molecule has 4 nitrogen and oxygen atoms in total. The van der Waals surface area contributed by atoms with E-state index >= 15 is 0 Å². The zero-order valence-corrected chi connectivity index (χ0v) is 13.2. The summed E-state index contributed by atoms with van der Waals surface area (Å²) in [5.74, 6) is -0.128. The molecule has 112 valence electrons. The van der Waals surface area contributed by atoms with Crippen LogP contribution in [0, 0.1) is 6.92 Å². The van der Waals surface area contributed by atoms with Gasteiger partial charge in [0.05, 0.1) is 5.52 Å². The van der Waals surface area contributed by atoms with Crippen molar-refractivity contribution in [2.45, 2.75) is 13.5 Å². The molecule has 0 spiro atoms. The average Bonchev–Trinajstić information content (AvgIpc) is 2.91. The molecular weight excluding hydrogens is 298 g/mol. The molecule has 22 heavy (non-hydrogen) atoms. The first-order valence-corrected chi connectivity index (χ1v) is 7.37. The number of aryl methyl sites for hydroxylation is 1. The second-order valence-electron chi connectivity index (χ2n) is 5.37. The average molecular weight is 314 g/mol. The first kappa shape index (κ1) is 14.6. The van der Waals surface area contributed by atoms with Gasteiger partial charge in [0.15, 0.2) is 5.69 Å². The lowest BCUT2D eigenvalue weighted by atomic mass is 10.1. The summed E-state index contributed by atoms with van der Waals surface area (Å²) in [4.78, 5) is 14.3. The molecule has 0 radical (unpaired) electrons. The first-order valence-electron chi connectivity index (χ1n) is 7.00. The second-order valence-corrected chi connectivity index (χ2v) is 5.78. The molecule has 1 aromatic heterocycles. The molecule has 0 aliphatic heterocycles. The Morgan fingerprint density at radius 3 is 2.82 bits per heavy atom. The van der Waals surface area contributed by atoms with Gasteiger partial charge in [-0.25, -0.2) is 0 Å². The van der Waals surface area contributed by atoms with E-state index in [1.54, 1.807) is 11.9 Å². The van der Waals surface area contributed by atoms with Crippen LogP contribution in [0.5, 0.6) is 0 Å². The summed E-state index contributed by atoms with van der Waals surface area (Å²) in [6.07, 6.45) is 0. The standard InChI is InChI=1S/C17H16ClN3O/c1-11-7-8-15-13(9-11)16(20-19-15)17(22)21(2)10-12-5-3-4-6-14(12)18/h3-9H,10H2,1-2H3,(H,19,20). The van der Waals surface area contributed by atoms with Crippen molar-refractivity contribution in [3.05, 3.63) is 64.3 Å². The van der Waals surface area contributed by atoms with Gasteiger partial charge in [-0.2, -0.15) is 5.10 Å². The van der Waals surface area contributed by atoms with Crippen LogP contribution in [-0.4, -0.2) is 28.1 Å². The first-order chi connectivity index (χ1) is 10.6. The van der Waals surface area contributed by atoms with Crippen LogP contribution in [0.4, 0.5) is 0 Å². The number of fused-ring (bicyclic) bond motifs is 1. The van der Waals surface area contributed by atoms with E-state index in [4.69, 9.17) is 11.6 Å². The van der Waals surface area contributed by atoms with Crippen LogP contribution in [0.1, 0.15) is 21.6 Å². The summed E-state index contributed by atoms with van der Waals surface area (Å²) < 4.78 is 0. The van der Waals surface area contributed by atoms with Gasteiger partial charge in [0.1, 0.15) is 0 Å². The molecule has 0 bridgehead atoms. The predicted molar refractivity (Wildman–Crippen MR) is 88.1 cm³/mol. The fourth-order valence-electron chi connectivity index (χ4n) is 2.43. The van der Waals surface area contributed by atoms with Gasteiger partial charge in [-0.15, -0.1) is 0 Å². The zero-order chi connectivity index (χ0) is 15.7. The van der Waals surface area contributed by atoms with E-state index in [1.807, 2.05) is 49.4 Å². The van der Waals surface area contributed by atoms with Crippen LogP contribution in [0.25, 0.3) is 10.9 Å². The van der Waals surface area contributed by atoms with Crippen molar-refractivity contribution in [1.82, 2.24) is 15.1 Å². The Balaban J connectivity index is 1.89. The molecule has 0 saturated carbocycles. The number of carbonyl (C=O) groups is 1. The van der Waals surface area contributed by atoms with Crippen molar-refractivity contribution in [3.8, 4) is 0 Å². The minimum atomic E-state index is -0.128. The number of nitrogens with one attached hydrogen (secondary N) is 1. The van der Waals surface area contributed by atoms with E-state index in [0.29, 0.717) is 17.3 Å². The van der Waals surface area contributed by atoms with E-state index in [-0.39, 0.29) is 5.91 Å². The molecule has 0 atom stereocenters. The van der Waals surface area contributed by atoms with Gasteiger partial charge in [-0.05, 0) is 30.7 Å². The number of aromatic nitrogens is 2. The number of aromatic amines is 1. The summed E-state index contributed by atoms with van der Waals surface area (Å²) in [5.41, 5.74) is 3.31. The number of hydrogen-bond donors (Lipinski definition) is 1. The van der Waals surface area contributed by atoms with Crippen LogP contribution in [-0.2, 0) is 6.54 Å². The largest absolute Gasteiger partial charge is 0.336 e. The minimum absolute atomic E-state index is 0.128. The van der Waals surface area contributed by atoms with Crippen LogP contribution in [0.3, 0.4) is 0 Å². The molecule has 0 saturated heterocycles. The Kier molecular flexibility index (Phi) is 3.86. The topological polar surface area (TPSA) is 49.0 Å². The summed E-state index contributed by atoms with van der Waals surface area (Å²) in [6.45, 7) is 2.44. The Labute approximate surface area is 133 Å². The molecule has 0 unspecified atom stereocenters. The van der Waals surface area contributed by atoms with E-state index in [2.05, 4.69) is 10.2 Å². The van der Waals surface area contributed by atoms with E-state index in [9.17, 15) is 4.79 Å². The SMILES string of the molecule is Cc1ccc2[nH]nc(C(=O)N(C)Cc3ccccc3Cl)c2c1. The fourth-order valence-corrected chi connectivity index (χ4v) is 2.62. The fraction of sp³-hybridized carbons (Fsp3) is 0.176. The van der Waals surface area contributed by atoms with Gasteiger partial charge >= 0.3 is 0 Å². The molecule has 1 amide bonds. The van der Waals surface area contributed by atoms with Crippen molar-refractivity contribution in [3.63, 3.8) is 0 Å². The smallest absolute Gasteiger partial charge is 0.275 e. The highest BCUT2D eigenvalue weighted by Crippen LogP contribution is 2.21. The molecule has 1 N–H and O–H groups in total. The highest BCUT2D eigenvalue weighted by Gasteiger charge is 2.19. The number of halogens is 1. The third kappa shape index (κ3) is 2.70. The molecule has 3 aromatic rings. The highest BCUT2D eigenvalue weighted by molar-refractivity contribution is 6.31. The van der Waals surface area contributed by atoms with Crippen molar-refractivity contribution >= 4 is 28.4 Å². The molecule has 3 rings (SSSR count). The van der Waals surface area contributed by atoms with Crippen LogP contribution < -0.4 is 0 Å². The van der Waals surface area contributed by atoms with Crippen molar-refractivity contribution in [2.24, 2.45) is 0 Å². The number of carbonyl (C=O) groups excluding carboxylic acids is 1. The highest BCUT2D eigenvalue weighted by atomic mass is 35.5. The van der Waals surface area contributed by atoms with Crippen LogP contribution >= 0.6 is 11.6 Å². The quantitative estimate of drug-likeness (QED) is 0.799. The molecular formula is C17H16ClN3O. The monoisotopic (exact) mass is 313 g/mol. The Morgan fingerprint density at radius 2 is 2.05 bits per heavy atom. The number of rotatable bonds is 3. The third-order valence-electron chi connectivity index (χ3n) is 3.63. The van der Waals surface area contributed by atoms with Gasteiger partial charge in [0.25, 0.3) is 5.91 Å². The molecule has 5 heteroatoms. The lowest BCUT2D eigenvalue weighted by molar-refractivity contribution is 0.0781. The van der Waals surface area contributed by atoms with Crippen molar-refractivity contribution in [1.29, 1.82) is 0 Å². The number of hydrogen-bond acceptors (Lipinski definition) is 2. The van der Waals surface area contributed by atoms with Crippen molar-refractivity contribution in [2.75, 3.05) is 7.05 Å². The maximum absolute atomic E-state index is 12.6. The lowest BCUT2D eigenvalue weighted by Gasteiger charge is -2.17. The van der Waals surface area contributed by atoms with Gasteiger partial charge in [0.2, 0.25) is 0 Å². The predicted octanol–water partition coefficient (Wildman–Crippen LogP) is 3.80. The van der Waals surface area contributed by atoms with E-state index in [0.717, 1.165) is 22.0 Å². The molecule has 1 heterocycles. The maximum atomic E-state index is 12.6. The Hall–Kier alpha value is -2.33. The van der Waals surface area contributed by atoms with Crippen LogP contribution in [0.2, 0.25) is 5.02 Å². The van der Waals surface area contributed by atoms with Crippen LogP contribution in [0.15, 0.2) is 42.5 Å². The number of benzene rings is 2. The summed E-state index contributed by atoms with van der Waals surface area (Å²) >= 11 is 6.15. The summed E-state index contributed by atoms with van der Waals surface area (Å²) in [7, 11) is 1.75. The van der Waals surface area contributed by atoms with Crippen molar-refractivity contribution < 1.29 is 4.79 Å². The molecule has 0 aliphatic rings. The molecule has 0 fully saturated rings. The number of nitrogens with zero attached hydrogens (tertiary/aromatic N) is 2. The number of amides is 1. The summed E-state index contributed by atoms with van der Waals surface area (Å²) in [6, 6.07) is 13.4. The zero-order valence-electron chi connectivity index (χ0n) is 12.4. The molecule has 0 aliphatic carbocycles. The summed E-state index contributed by atoms with van der Waals surface area (Å²) in [5, 5.41) is 8.58. The van der Waals surface area contributed by atoms with E-state index in [1.165, 1.54) is 0 Å². The van der Waals surface area contributed by atoms with Gasteiger partial charge in [-0.1, -0.05) is 41.4 Å². The Bertz CT molecular complexity index is 841. The number of H-pyrrole nitrogens is 1.